The second kappa shape index (κ2) is 34.0. The minimum absolute atomic E-state index is 0.0102. The van der Waals surface area contributed by atoms with E-state index >= 15 is 0 Å². The number of allylic oxidation sites excluding steroid dienone is 22. The van der Waals surface area contributed by atoms with E-state index in [2.05, 4.69) is 446 Å². The van der Waals surface area contributed by atoms with Gasteiger partial charge in [0.05, 0.1) is 10.8 Å². The maximum atomic E-state index is 2.49. The van der Waals surface area contributed by atoms with Crippen LogP contribution in [0.5, 0.6) is 0 Å². The summed E-state index contributed by atoms with van der Waals surface area (Å²) in [5.41, 5.74) is 42.2. The van der Waals surface area contributed by atoms with E-state index in [1.165, 1.54) is 240 Å². The minimum Gasteiger partial charge on any atom is -0.0882 e. The van der Waals surface area contributed by atoms with E-state index in [9.17, 15) is 0 Å². The van der Waals surface area contributed by atoms with Crippen molar-refractivity contribution in [2.45, 2.75) is 180 Å². The molecule has 5 unspecified atom stereocenters. The third-order valence-electron chi connectivity index (χ3n) is 30.5. The zero-order chi connectivity index (χ0) is 88.6. The highest BCUT2D eigenvalue weighted by atomic mass is 14.5. The third kappa shape index (κ3) is 13.9. The van der Waals surface area contributed by atoms with Gasteiger partial charge in [-0.2, -0.15) is 0 Å². The van der Waals surface area contributed by atoms with Crippen molar-refractivity contribution < 1.29 is 0 Å². The van der Waals surface area contributed by atoms with Crippen LogP contribution in [0.15, 0.2) is 376 Å². The van der Waals surface area contributed by atoms with Crippen LogP contribution in [0.2, 0.25) is 0 Å². The average Bonchev–Trinajstić information content (AvgIpc) is 1.57. The summed E-state index contributed by atoms with van der Waals surface area (Å²) >= 11 is 0. The van der Waals surface area contributed by atoms with Crippen molar-refractivity contribution >= 4 is 53.9 Å². The molecule has 0 N–H and O–H groups in total. The average molecular weight is 1680 g/mol. The van der Waals surface area contributed by atoms with Crippen LogP contribution in [-0.2, 0) is 27.1 Å². The molecule has 0 amide bonds. The van der Waals surface area contributed by atoms with Gasteiger partial charge >= 0.3 is 0 Å². The first kappa shape index (κ1) is 83.6. The van der Waals surface area contributed by atoms with Crippen molar-refractivity contribution in [3.63, 3.8) is 0 Å². The first-order valence-electron chi connectivity index (χ1n) is 48.1. The molecule has 0 radical (unpaired) electrons. The van der Waals surface area contributed by atoms with E-state index in [0.717, 1.165) is 64.2 Å². The third-order valence-corrected chi connectivity index (χ3v) is 30.5. The van der Waals surface area contributed by atoms with Gasteiger partial charge in [-0.1, -0.05) is 404 Å². The van der Waals surface area contributed by atoms with Gasteiger partial charge in [0.25, 0.3) is 0 Å². The fraction of sp³-hybridized carbons (Fsp3) is 0.215. The monoisotopic (exact) mass is 1680 g/mol. The summed E-state index contributed by atoms with van der Waals surface area (Å²) in [6.45, 7) is 22.3. The normalized spacial score (nSPS) is 22.9. The highest BCUT2D eigenvalue weighted by Gasteiger charge is 2.47. The number of fused-ring (bicyclic) bond motifs is 35. The number of benzene rings is 15. The Morgan fingerprint density at radius 1 is 0.192 bits per heavy atom. The number of rotatable bonds is 0. The predicted octanol–water partition coefficient (Wildman–Crippen LogP) is 34.9. The van der Waals surface area contributed by atoms with E-state index in [-0.39, 0.29) is 27.1 Å². The molecule has 0 bridgehead atoms. The molecular formula is C130H118. The van der Waals surface area contributed by atoms with Gasteiger partial charge in [0.2, 0.25) is 0 Å². The minimum atomic E-state index is -0.170. The Morgan fingerprint density at radius 2 is 0.508 bits per heavy atom. The molecule has 5 atom stereocenters. The molecule has 0 saturated carbocycles. The summed E-state index contributed by atoms with van der Waals surface area (Å²) in [5.74, 6) is 0. The SMILES string of the molecule is Cc1ccc2c(c1)C1(/C=C\C/C=C\CC1)c1cc(C)c3ccccc3c1-2.Cc1ccc2c(c1)C1(/C=C\C=C/CCC1)c1cc(C)c3ccccc3c1-2.Cc1ccc2c(c1)C1(/C=C\CC/C=C\C1)c1cc(C)c3ccccc3c1-2.Cc1ccc2c(c1)C1(C=CC/C=C\C=C/1)c1cc(C)c3ccccc3c1-2.Cc1ccc2c(c1)C1(C=CCCC/C=C\1)c1cc(C)c3ccccc3c1-2. The van der Waals surface area contributed by atoms with Crippen LogP contribution >= 0.6 is 0 Å². The summed E-state index contributed by atoms with van der Waals surface area (Å²) < 4.78 is 0. The van der Waals surface area contributed by atoms with Crippen LogP contribution in [0.25, 0.3) is 109 Å². The molecule has 10 aliphatic rings. The molecular weight excluding hydrogens is 1560 g/mol. The van der Waals surface area contributed by atoms with Gasteiger partial charge in [0, 0.05) is 16.2 Å². The Balaban J connectivity index is 0.0000000983. The zero-order valence-electron chi connectivity index (χ0n) is 77.5. The summed E-state index contributed by atoms with van der Waals surface area (Å²) in [7, 11) is 0. The lowest BCUT2D eigenvalue weighted by Crippen LogP contribution is -2.23. The van der Waals surface area contributed by atoms with Crippen molar-refractivity contribution in [2.75, 3.05) is 0 Å². The van der Waals surface area contributed by atoms with Gasteiger partial charge in [-0.3, -0.25) is 0 Å². The summed E-state index contributed by atoms with van der Waals surface area (Å²) in [4.78, 5) is 0. The van der Waals surface area contributed by atoms with Crippen LogP contribution in [0, 0.1) is 69.2 Å². The molecule has 0 aromatic heterocycles. The van der Waals surface area contributed by atoms with E-state index in [0.29, 0.717) is 0 Å². The molecule has 130 heavy (non-hydrogen) atoms. The fourth-order valence-corrected chi connectivity index (χ4v) is 24.4. The zero-order valence-corrected chi connectivity index (χ0v) is 77.5. The van der Waals surface area contributed by atoms with Crippen LogP contribution in [0.1, 0.15) is 195 Å². The Kier molecular flexibility index (Phi) is 21.9. The molecule has 638 valence electrons. The van der Waals surface area contributed by atoms with Gasteiger partial charge in [-0.05, 0) is 346 Å². The molecule has 0 heteroatoms. The second-order valence-electron chi connectivity index (χ2n) is 38.8. The molecule has 15 aromatic carbocycles. The van der Waals surface area contributed by atoms with Crippen molar-refractivity contribution in [3.05, 3.63) is 488 Å². The summed E-state index contributed by atoms with van der Waals surface area (Å²) in [6.07, 6.45) is 66.5. The van der Waals surface area contributed by atoms with Gasteiger partial charge in [-0.25, -0.2) is 0 Å². The van der Waals surface area contributed by atoms with Gasteiger partial charge < -0.3 is 0 Å². The Labute approximate surface area is 771 Å². The van der Waals surface area contributed by atoms with E-state index in [4.69, 9.17) is 0 Å². The van der Waals surface area contributed by atoms with E-state index < -0.39 is 0 Å². The van der Waals surface area contributed by atoms with Crippen molar-refractivity contribution in [1.29, 1.82) is 0 Å². The van der Waals surface area contributed by atoms with E-state index in [1.54, 1.807) is 0 Å². The molecule has 25 rings (SSSR count). The predicted molar refractivity (Wildman–Crippen MR) is 559 cm³/mol. The van der Waals surface area contributed by atoms with Crippen LogP contribution in [0.4, 0.5) is 0 Å². The first-order valence-corrected chi connectivity index (χ1v) is 48.1. The molecule has 15 aromatic rings. The molecule has 10 aliphatic carbocycles. The topological polar surface area (TPSA) is 0 Å². The van der Waals surface area contributed by atoms with Gasteiger partial charge in [-0.15, -0.1) is 0 Å². The lowest BCUT2D eigenvalue weighted by atomic mass is 9.72. The van der Waals surface area contributed by atoms with Gasteiger partial charge in [0.15, 0.2) is 0 Å². The molecule has 0 aliphatic heterocycles. The van der Waals surface area contributed by atoms with Crippen molar-refractivity contribution in [3.8, 4) is 55.6 Å². The lowest BCUT2D eigenvalue weighted by molar-refractivity contribution is 0.563. The Bertz CT molecular complexity index is 7500. The smallest absolute Gasteiger partial charge is 0.0578 e. The summed E-state index contributed by atoms with van der Waals surface area (Å²) in [5, 5.41) is 13.8. The Hall–Kier alpha value is -13.3. The van der Waals surface area contributed by atoms with E-state index in [1.807, 2.05) is 0 Å². The first-order chi connectivity index (χ1) is 63.5. The van der Waals surface area contributed by atoms with Crippen molar-refractivity contribution in [2.24, 2.45) is 0 Å². The molecule has 5 spiro atoms. The maximum Gasteiger partial charge on any atom is 0.0578 e. The van der Waals surface area contributed by atoms with Crippen molar-refractivity contribution in [1.82, 2.24) is 0 Å². The second-order valence-corrected chi connectivity index (χ2v) is 38.8. The van der Waals surface area contributed by atoms with Crippen LogP contribution in [-0.4, -0.2) is 0 Å². The van der Waals surface area contributed by atoms with Crippen LogP contribution < -0.4 is 0 Å². The fourth-order valence-electron chi connectivity index (χ4n) is 24.4. The Morgan fingerprint density at radius 3 is 0.969 bits per heavy atom. The largest absolute Gasteiger partial charge is 0.0882 e. The highest BCUT2D eigenvalue weighted by Crippen LogP contribution is 2.62. The van der Waals surface area contributed by atoms with Gasteiger partial charge in [0.1, 0.15) is 0 Å². The lowest BCUT2D eigenvalue weighted by Gasteiger charge is -2.30. The quantitative estimate of drug-likeness (QED) is 0.133. The molecule has 0 fully saturated rings. The number of hydrogen-bond donors (Lipinski definition) is 0. The van der Waals surface area contributed by atoms with Crippen LogP contribution in [0.3, 0.4) is 0 Å². The molecule has 0 saturated heterocycles. The summed E-state index contributed by atoms with van der Waals surface area (Å²) in [6, 6.07) is 91.6. The number of hydrogen-bond acceptors (Lipinski definition) is 0. The standard InChI is InChI=1S/4C26H24.C26H22/c5*1-18-12-13-22-23(16-18)26(14-8-4-3-5-9-15-26)24-17-19(2)20-10-6-7-11-21(20)25(22)24/h6-17H,3-5H2,1-2H3;4,6-13,15-17H,3,5,14H2,1-2H3;3-4,6-7,9-13,15-17H,5,8,14H2,1-2H3;3-4,6-8,10-14,16-17H,5,9,15H2,1-2H3;3-4,6-17H,5H2,1-2H3/b14-8-,15-9?;8-4-,15-9-;4-3-,15-9-;4-3-,14-8-;4-3-,14-8-,15-9?. The highest BCUT2D eigenvalue weighted by molar-refractivity contribution is 6.10. The molecule has 0 nitrogen and oxygen atoms in total. The maximum absolute atomic E-state index is 2.49. The molecule has 0 heterocycles. The number of aryl methyl sites for hydroxylation is 10.